The molecule has 0 fully saturated rings. The molecule has 1 rings (SSSR count). The molecule has 21 heavy (non-hydrogen) atoms. The van der Waals surface area contributed by atoms with Crippen molar-refractivity contribution in [3.63, 3.8) is 0 Å². The van der Waals surface area contributed by atoms with Gasteiger partial charge in [0.2, 0.25) is 5.91 Å². The van der Waals surface area contributed by atoms with Gasteiger partial charge in [0, 0.05) is 19.8 Å². The highest BCUT2D eigenvalue weighted by Crippen LogP contribution is 2.13. The van der Waals surface area contributed by atoms with E-state index in [0.29, 0.717) is 10.8 Å². The molecule has 0 radical (unpaired) electrons. The predicted molar refractivity (Wildman–Crippen MR) is 81.5 cm³/mol. The first-order chi connectivity index (χ1) is 9.81. The number of halogens is 1. The molecule has 1 atom stereocenters. The van der Waals surface area contributed by atoms with Crippen molar-refractivity contribution in [1.29, 1.82) is 0 Å². The van der Waals surface area contributed by atoms with Crippen LogP contribution in [0.3, 0.4) is 0 Å². The van der Waals surface area contributed by atoms with Gasteiger partial charge in [-0.15, -0.1) is 0 Å². The molecule has 0 saturated carbocycles. The average Bonchev–Trinajstić information content (AvgIpc) is 2.38. The van der Waals surface area contributed by atoms with Crippen molar-refractivity contribution in [3.05, 3.63) is 23.4 Å². The Morgan fingerprint density at radius 3 is 2.57 bits per heavy atom. The first kappa shape index (κ1) is 17.2. The van der Waals surface area contributed by atoms with Crippen LogP contribution in [0.5, 0.6) is 0 Å². The lowest BCUT2D eigenvalue weighted by molar-refractivity contribution is -0.143. The molecule has 1 amide bonds. The topological polar surface area (TPSA) is 82.5 Å². The molecular formula is C14H20ClN3O3. The third-order valence-electron chi connectivity index (χ3n) is 3.12. The summed E-state index contributed by atoms with van der Waals surface area (Å²) in [5.41, 5.74) is 0. The fourth-order valence-corrected chi connectivity index (χ4v) is 1.89. The molecule has 0 bridgehead atoms. The molecule has 7 heteroatoms. The van der Waals surface area contributed by atoms with E-state index in [-0.39, 0.29) is 24.9 Å². The third-order valence-corrected chi connectivity index (χ3v) is 3.35. The molecule has 1 unspecified atom stereocenters. The van der Waals surface area contributed by atoms with Crippen molar-refractivity contribution >= 4 is 29.3 Å². The fourth-order valence-electron chi connectivity index (χ4n) is 1.78. The van der Waals surface area contributed by atoms with E-state index in [2.05, 4.69) is 10.3 Å². The lowest BCUT2D eigenvalue weighted by Gasteiger charge is -2.20. The molecule has 0 saturated heterocycles. The second-order valence-corrected chi connectivity index (χ2v) is 5.62. The molecule has 2 N–H and O–H groups in total. The van der Waals surface area contributed by atoms with Gasteiger partial charge in [0.1, 0.15) is 5.82 Å². The zero-order valence-electron chi connectivity index (χ0n) is 12.3. The monoisotopic (exact) mass is 313 g/mol. The van der Waals surface area contributed by atoms with Crippen molar-refractivity contribution in [2.24, 2.45) is 11.8 Å². The smallest absolute Gasteiger partial charge is 0.308 e. The Balaban J connectivity index is 2.49. The van der Waals surface area contributed by atoms with Crippen LogP contribution >= 0.6 is 11.6 Å². The number of carbonyl (C=O) groups excluding carboxylic acids is 1. The number of anilines is 1. The number of pyridine rings is 1. The van der Waals surface area contributed by atoms with E-state index in [1.165, 1.54) is 6.20 Å². The molecule has 0 aliphatic rings. The van der Waals surface area contributed by atoms with Gasteiger partial charge in [-0.1, -0.05) is 25.4 Å². The Morgan fingerprint density at radius 1 is 1.43 bits per heavy atom. The number of likely N-dealkylation sites (N-methyl/N-ethyl adjacent to an activating group) is 1. The highest BCUT2D eigenvalue weighted by Gasteiger charge is 2.22. The zero-order valence-corrected chi connectivity index (χ0v) is 13.1. The number of carboxylic acids is 1. The van der Waals surface area contributed by atoms with Gasteiger partial charge >= 0.3 is 5.97 Å². The Hall–Kier alpha value is -1.82. The van der Waals surface area contributed by atoms with Gasteiger partial charge in [-0.05, 0) is 18.1 Å². The molecular weight excluding hydrogens is 294 g/mol. The van der Waals surface area contributed by atoms with Crippen molar-refractivity contribution in [2.45, 2.75) is 13.8 Å². The molecule has 0 aliphatic carbocycles. The predicted octanol–water partition coefficient (Wildman–Crippen LogP) is 1.64. The van der Waals surface area contributed by atoms with Gasteiger partial charge in [0.15, 0.2) is 0 Å². The number of nitrogens with zero attached hydrogens (tertiary/aromatic N) is 2. The Bertz CT molecular complexity index is 491. The van der Waals surface area contributed by atoms with Gasteiger partial charge in [-0.3, -0.25) is 9.59 Å². The molecule has 1 heterocycles. The molecule has 116 valence electrons. The van der Waals surface area contributed by atoms with E-state index >= 15 is 0 Å². The first-order valence-corrected chi connectivity index (χ1v) is 7.01. The van der Waals surface area contributed by atoms with Gasteiger partial charge < -0.3 is 15.3 Å². The summed E-state index contributed by atoms with van der Waals surface area (Å²) >= 11 is 5.75. The Labute approximate surface area is 129 Å². The van der Waals surface area contributed by atoms with Crippen molar-refractivity contribution in [3.8, 4) is 0 Å². The quantitative estimate of drug-likeness (QED) is 0.799. The standard InChI is InChI=1S/C14H20ClN3O3/c1-9(2)11(14(20)21)7-17-13(19)8-18(3)12-5-4-10(15)6-16-12/h4-6,9,11H,7-8H2,1-3H3,(H,17,19)(H,20,21). The second-order valence-electron chi connectivity index (χ2n) is 5.18. The van der Waals surface area contributed by atoms with Crippen LogP contribution in [0, 0.1) is 11.8 Å². The molecule has 6 nitrogen and oxygen atoms in total. The van der Waals surface area contributed by atoms with E-state index < -0.39 is 11.9 Å². The fraction of sp³-hybridized carbons (Fsp3) is 0.500. The number of amides is 1. The summed E-state index contributed by atoms with van der Waals surface area (Å²) in [5.74, 6) is -1.17. The van der Waals surface area contributed by atoms with Gasteiger partial charge in [0.05, 0.1) is 17.5 Å². The van der Waals surface area contributed by atoms with Crippen molar-refractivity contribution < 1.29 is 14.7 Å². The zero-order chi connectivity index (χ0) is 16.0. The summed E-state index contributed by atoms with van der Waals surface area (Å²) in [4.78, 5) is 28.7. The van der Waals surface area contributed by atoms with E-state index in [1.807, 2.05) is 13.8 Å². The normalized spacial score (nSPS) is 12.0. The summed E-state index contributed by atoms with van der Waals surface area (Å²) in [5, 5.41) is 12.2. The first-order valence-electron chi connectivity index (χ1n) is 6.63. The van der Waals surface area contributed by atoms with E-state index in [4.69, 9.17) is 16.7 Å². The second kappa shape index (κ2) is 7.83. The maximum Gasteiger partial charge on any atom is 0.308 e. The van der Waals surface area contributed by atoms with Crippen molar-refractivity contribution in [2.75, 3.05) is 25.0 Å². The summed E-state index contributed by atoms with van der Waals surface area (Å²) in [7, 11) is 1.73. The highest BCUT2D eigenvalue weighted by atomic mass is 35.5. The number of hydrogen-bond donors (Lipinski definition) is 2. The molecule has 0 spiro atoms. The minimum Gasteiger partial charge on any atom is -0.481 e. The number of nitrogens with one attached hydrogen (secondary N) is 1. The van der Waals surface area contributed by atoms with Gasteiger partial charge in [0.25, 0.3) is 0 Å². The Kier molecular flexibility index (Phi) is 6.42. The maximum atomic E-state index is 11.8. The highest BCUT2D eigenvalue weighted by molar-refractivity contribution is 6.30. The van der Waals surface area contributed by atoms with Crippen LogP contribution in [0.25, 0.3) is 0 Å². The maximum absolute atomic E-state index is 11.8. The van der Waals surface area contributed by atoms with E-state index in [0.717, 1.165) is 0 Å². The largest absolute Gasteiger partial charge is 0.481 e. The van der Waals surface area contributed by atoms with Crippen LogP contribution in [0.4, 0.5) is 5.82 Å². The summed E-state index contributed by atoms with van der Waals surface area (Å²) in [6.45, 7) is 3.84. The number of carboxylic acid groups (broad SMARTS) is 1. The number of hydrogen-bond acceptors (Lipinski definition) is 4. The SMILES string of the molecule is CC(C)C(CNC(=O)CN(C)c1ccc(Cl)cn1)C(=O)O. The summed E-state index contributed by atoms with van der Waals surface area (Å²) in [6.07, 6.45) is 1.50. The third kappa shape index (κ3) is 5.59. The number of aromatic nitrogens is 1. The number of rotatable bonds is 7. The average molecular weight is 314 g/mol. The Morgan fingerprint density at radius 2 is 2.10 bits per heavy atom. The van der Waals surface area contributed by atoms with Crippen LogP contribution in [-0.4, -0.2) is 42.1 Å². The summed E-state index contributed by atoms with van der Waals surface area (Å²) in [6, 6.07) is 3.40. The van der Waals surface area contributed by atoms with Crippen LogP contribution in [0.15, 0.2) is 18.3 Å². The van der Waals surface area contributed by atoms with Crippen LogP contribution in [0.1, 0.15) is 13.8 Å². The number of carbonyl (C=O) groups is 2. The van der Waals surface area contributed by atoms with Gasteiger partial charge in [-0.25, -0.2) is 4.98 Å². The van der Waals surface area contributed by atoms with Gasteiger partial charge in [-0.2, -0.15) is 0 Å². The molecule has 1 aromatic heterocycles. The minimum atomic E-state index is -0.905. The molecule has 0 aromatic carbocycles. The molecule has 1 aromatic rings. The number of aliphatic carboxylic acids is 1. The van der Waals surface area contributed by atoms with Crippen LogP contribution in [0.2, 0.25) is 5.02 Å². The minimum absolute atomic E-state index is 0.0431. The molecule has 0 aliphatic heterocycles. The lowest BCUT2D eigenvalue weighted by atomic mass is 9.96. The lowest BCUT2D eigenvalue weighted by Crippen LogP contribution is -2.40. The van der Waals surface area contributed by atoms with Crippen molar-refractivity contribution in [1.82, 2.24) is 10.3 Å². The summed E-state index contributed by atoms with van der Waals surface area (Å²) < 4.78 is 0. The van der Waals surface area contributed by atoms with E-state index in [9.17, 15) is 9.59 Å². The van der Waals surface area contributed by atoms with Crippen LogP contribution < -0.4 is 10.2 Å². The van der Waals surface area contributed by atoms with Crippen LogP contribution in [-0.2, 0) is 9.59 Å². The van der Waals surface area contributed by atoms with E-state index in [1.54, 1.807) is 24.1 Å².